The first-order chi connectivity index (χ1) is 20.8. The average molecular weight is 607 g/mol. The molecule has 1 saturated heterocycles. The van der Waals surface area contributed by atoms with E-state index in [4.69, 9.17) is 18.8 Å². The standard InChI is InChI=1S/C34H47BN2O7/c1-8-27(9-2)42-30-19-25(32(39)40)18-29(31(30)37-22(3)38)36-20-23-12-16-28(17-13-23)41-21-24-10-14-26(15-11-24)35-43-33(4,5)34(6,7)44-35/h10-17,19,27,29-31,36H,8-9,18,20-21H2,1-7H3,(H,37,38)(H,39,40)/t29-,30+,31+/m0/s1. The Morgan fingerprint density at radius 2 is 1.57 bits per heavy atom. The minimum absolute atomic E-state index is 0.0260. The molecule has 1 amide bonds. The molecule has 3 atom stereocenters. The van der Waals surface area contributed by atoms with Crippen molar-refractivity contribution in [3.63, 3.8) is 0 Å². The van der Waals surface area contributed by atoms with Gasteiger partial charge in [-0.05, 0) is 81.8 Å². The van der Waals surface area contributed by atoms with Crippen molar-refractivity contribution in [2.75, 3.05) is 0 Å². The molecule has 44 heavy (non-hydrogen) atoms. The Morgan fingerprint density at radius 1 is 0.977 bits per heavy atom. The van der Waals surface area contributed by atoms with Gasteiger partial charge in [0.2, 0.25) is 5.91 Å². The zero-order chi connectivity index (χ0) is 32.1. The summed E-state index contributed by atoms with van der Waals surface area (Å²) in [5.41, 5.74) is 2.54. The van der Waals surface area contributed by atoms with Crippen LogP contribution in [0.4, 0.5) is 0 Å². The normalized spacial score (nSPS) is 22.5. The fourth-order valence-electron chi connectivity index (χ4n) is 5.43. The van der Waals surface area contributed by atoms with Crippen molar-refractivity contribution in [3.8, 4) is 5.75 Å². The number of carboxylic acid groups (broad SMARTS) is 1. The maximum atomic E-state index is 12.1. The van der Waals surface area contributed by atoms with E-state index in [0.717, 1.165) is 35.2 Å². The second-order valence-electron chi connectivity index (χ2n) is 12.7. The quantitative estimate of drug-likeness (QED) is 0.286. The fourth-order valence-corrected chi connectivity index (χ4v) is 5.43. The molecule has 0 spiro atoms. The molecule has 1 aliphatic carbocycles. The summed E-state index contributed by atoms with van der Waals surface area (Å²) in [7, 11) is -0.395. The Hall–Kier alpha value is -3.18. The Kier molecular flexibility index (Phi) is 10.9. The van der Waals surface area contributed by atoms with E-state index in [-0.39, 0.29) is 41.2 Å². The zero-order valence-corrected chi connectivity index (χ0v) is 27.0. The molecule has 3 N–H and O–H groups in total. The third-order valence-electron chi connectivity index (χ3n) is 8.90. The summed E-state index contributed by atoms with van der Waals surface area (Å²) < 4.78 is 24.6. The van der Waals surface area contributed by atoms with E-state index < -0.39 is 25.2 Å². The van der Waals surface area contributed by atoms with Gasteiger partial charge in [0.15, 0.2) is 0 Å². The molecule has 0 radical (unpaired) electrons. The van der Waals surface area contributed by atoms with Gasteiger partial charge in [0.1, 0.15) is 12.4 Å². The number of hydrogen-bond donors (Lipinski definition) is 3. The van der Waals surface area contributed by atoms with Crippen LogP contribution in [0.1, 0.15) is 78.9 Å². The molecular formula is C34H47BN2O7. The van der Waals surface area contributed by atoms with Crippen LogP contribution in [0.2, 0.25) is 0 Å². The molecule has 1 fully saturated rings. The maximum Gasteiger partial charge on any atom is 0.494 e. The molecule has 10 heteroatoms. The third-order valence-corrected chi connectivity index (χ3v) is 8.90. The molecule has 4 rings (SSSR count). The highest BCUT2D eigenvalue weighted by molar-refractivity contribution is 6.62. The summed E-state index contributed by atoms with van der Waals surface area (Å²) in [6.07, 6.45) is 2.96. The number of carboxylic acids is 1. The van der Waals surface area contributed by atoms with Crippen molar-refractivity contribution < 1.29 is 33.5 Å². The van der Waals surface area contributed by atoms with Crippen LogP contribution >= 0.6 is 0 Å². The molecule has 0 unspecified atom stereocenters. The lowest BCUT2D eigenvalue weighted by Crippen LogP contribution is -2.58. The van der Waals surface area contributed by atoms with E-state index in [1.807, 2.05) is 90.1 Å². The molecule has 0 saturated carbocycles. The molecule has 1 aliphatic heterocycles. The predicted octanol–water partition coefficient (Wildman–Crippen LogP) is 4.52. The summed E-state index contributed by atoms with van der Waals surface area (Å²) in [5, 5.41) is 16.2. The largest absolute Gasteiger partial charge is 0.494 e. The Balaban J connectivity index is 1.34. The van der Waals surface area contributed by atoms with E-state index in [1.54, 1.807) is 6.08 Å². The van der Waals surface area contributed by atoms with Crippen LogP contribution < -0.4 is 20.8 Å². The monoisotopic (exact) mass is 606 g/mol. The van der Waals surface area contributed by atoms with Gasteiger partial charge in [-0.1, -0.05) is 50.2 Å². The number of rotatable bonds is 13. The van der Waals surface area contributed by atoms with Gasteiger partial charge < -0.3 is 34.5 Å². The number of amides is 1. The second kappa shape index (κ2) is 14.3. The Labute approximate surface area is 261 Å². The van der Waals surface area contributed by atoms with Crippen LogP contribution in [0.25, 0.3) is 0 Å². The Morgan fingerprint density at radius 3 is 2.11 bits per heavy atom. The van der Waals surface area contributed by atoms with Crippen molar-refractivity contribution in [2.24, 2.45) is 0 Å². The van der Waals surface area contributed by atoms with E-state index in [0.29, 0.717) is 13.2 Å². The molecule has 2 aromatic rings. The topological polar surface area (TPSA) is 115 Å². The van der Waals surface area contributed by atoms with Crippen LogP contribution in [0.3, 0.4) is 0 Å². The van der Waals surface area contributed by atoms with E-state index in [1.165, 1.54) is 6.92 Å². The summed E-state index contributed by atoms with van der Waals surface area (Å²) in [5.74, 6) is -0.413. The lowest BCUT2D eigenvalue weighted by molar-refractivity contribution is -0.133. The number of ether oxygens (including phenoxy) is 2. The van der Waals surface area contributed by atoms with Crippen LogP contribution in [0.5, 0.6) is 5.75 Å². The van der Waals surface area contributed by atoms with Gasteiger partial charge >= 0.3 is 13.1 Å². The van der Waals surface area contributed by atoms with Crippen molar-refractivity contribution in [3.05, 3.63) is 71.3 Å². The molecule has 238 valence electrons. The van der Waals surface area contributed by atoms with Gasteiger partial charge in [0.05, 0.1) is 29.5 Å². The zero-order valence-electron chi connectivity index (χ0n) is 27.0. The van der Waals surface area contributed by atoms with Crippen LogP contribution in [0, 0.1) is 0 Å². The summed E-state index contributed by atoms with van der Waals surface area (Å²) in [6.45, 7) is 14.6. The fraction of sp³-hybridized carbons (Fsp3) is 0.529. The van der Waals surface area contributed by atoms with E-state index in [2.05, 4.69) is 10.6 Å². The number of hydrogen-bond acceptors (Lipinski definition) is 7. The summed E-state index contributed by atoms with van der Waals surface area (Å²) in [4.78, 5) is 24.0. The second-order valence-corrected chi connectivity index (χ2v) is 12.7. The first-order valence-electron chi connectivity index (χ1n) is 15.6. The number of nitrogens with one attached hydrogen (secondary N) is 2. The minimum Gasteiger partial charge on any atom is -0.489 e. The molecule has 2 aliphatic rings. The lowest BCUT2D eigenvalue weighted by Gasteiger charge is -2.38. The highest BCUT2D eigenvalue weighted by atomic mass is 16.7. The SMILES string of the molecule is CCC(CC)O[C@@H]1C=C(C(=O)O)C[C@H](NCc2ccc(OCc3ccc(B4OC(C)(C)C(C)(C)O4)cc3)cc2)[C@H]1NC(C)=O. The Bertz CT molecular complexity index is 1290. The predicted molar refractivity (Wildman–Crippen MR) is 171 cm³/mol. The molecule has 9 nitrogen and oxygen atoms in total. The summed E-state index contributed by atoms with van der Waals surface area (Å²) >= 11 is 0. The third kappa shape index (κ3) is 8.30. The number of carbonyl (C=O) groups excluding carboxylic acids is 1. The number of aliphatic carboxylic acids is 1. The smallest absolute Gasteiger partial charge is 0.489 e. The number of carbonyl (C=O) groups is 2. The first kappa shape index (κ1) is 33.7. The van der Waals surface area contributed by atoms with E-state index >= 15 is 0 Å². The van der Waals surface area contributed by atoms with E-state index in [9.17, 15) is 14.7 Å². The minimum atomic E-state index is -0.972. The van der Waals surface area contributed by atoms with Gasteiger partial charge in [-0.25, -0.2) is 4.79 Å². The first-order valence-corrected chi connectivity index (χ1v) is 15.6. The van der Waals surface area contributed by atoms with Crippen LogP contribution in [-0.4, -0.2) is 59.6 Å². The van der Waals surface area contributed by atoms with Crippen molar-refractivity contribution in [1.29, 1.82) is 0 Å². The molecule has 0 bridgehead atoms. The molecule has 0 aromatic heterocycles. The van der Waals surface area contributed by atoms with Gasteiger partial charge in [-0.15, -0.1) is 0 Å². The lowest BCUT2D eigenvalue weighted by atomic mass is 9.79. The highest BCUT2D eigenvalue weighted by Crippen LogP contribution is 2.36. The van der Waals surface area contributed by atoms with Crippen molar-refractivity contribution >= 4 is 24.5 Å². The molecule has 2 aromatic carbocycles. The maximum absolute atomic E-state index is 12.1. The van der Waals surface area contributed by atoms with Gasteiger partial charge in [-0.2, -0.15) is 0 Å². The number of benzene rings is 2. The van der Waals surface area contributed by atoms with Crippen LogP contribution in [0.15, 0.2) is 60.2 Å². The van der Waals surface area contributed by atoms with Crippen molar-refractivity contribution in [2.45, 2.75) is 116 Å². The molecule has 1 heterocycles. The summed E-state index contributed by atoms with van der Waals surface area (Å²) in [6, 6.07) is 15.2. The average Bonchev–Trinajstić information content (AvgIpc) is 3.21. The van der Waals surface area contributed by atoms with Gasteiger partial charge in [0.25, 0.3) is 0 Å². The molecular weight excluding hydrogens is 559 g/mol. The van der Waals surface area contributed by atoms with Gasteiger partial charge in [0, 0.05) is 25.1 Å². The van der Waals surface area contributed by atoms with Crippen LogP contribution in [-0.2, 0) is 36.8 Å². The highest BCUT2D eigenvalue weighted by Gasteiger charge is 2.51. The van der Waals surface area contributed by atoms with Crippen molar-refractivity contribution in [1.82, 2.24) is 10.6 Å². The van der Waals surface area contributed by atoms with Gasteiger partial charge in [-0.3, -0.25) is 4.79 Å².